The number of pyridine rings is 1. The van der Waals surface area contributed by atoms with Gasteiger partial charge in [0.15, 0.2) is 5.11 Å². The molecule has 1 aliphatic heterocycles. The Balaban J connectivity index is 1.60. The molecule has 1 fully saturated rings. The number of hydrogen-bond donors (Lipinski definition) is 3. The van der Waals surface area contributed by atoms with Gasteiger partial charge in [-0.1, -0.05) is 34.1 Å². The van der Waals surface area contributed by atoms with E-state index in [1.165, 1.54) is 0 Å². The molecule has 1 saturated heterocycles. The fourth-order valence-corrected chi connectivity index (χ4v) is 4.74. The first-order chi connectivity index (χ1) is 17.3. The molecule has 36 heavy (non-hydrogen) atoms. The van der Waals surface area contributed by atoms with Crippen LogP contribution in [-0.2, 0) is 4.79 Å². The van der Waals surface area contributed by atoms with Crippen molar-refractivity contribution < 1.29 is 4.79 Å². The van der Waals surface area contributed by atoms with Crippen LogP contribution in [0, 0.1) is 12.8 Å². The highest BCUT2D eigenvalue weighted by Crippen LogP contribution is 2.26. The maximum atomic E-state index is 12.7. The van der Waals surface area contributed by atoms with Crippen LogP contribution in [-0.4, -0.2) is 84.2 Å². The predicted octanol–water partition coefficient (Wildman–Crippen LogP) is 3.19. The Hall–Kier alpha value is -2.49. The van der Waals surface area contributed by atoms with Gasteiger partial charge in [-0.25, -0.2) is 4.98 Å². The van der Waals surface area contributed by atoms with Crippen LogP contribution >= 0.6 is 12.2 Å². The van der Waals surface area contributed by atoms with Crippen LogP contribution in [0.3, 0.4) is 0 Å². The number of aromatic nitrogens is 1. The number of hydrogen-bond acceptors (Lipinski definition) is 6. The van der Waals surface area contributed by atoms with Crippen LogP contribution in [0.15, 0.2) is 24.3 Å². The number of likely N-dealkylation sites (N-methyl/N-ethyl adjacent to an activating group) is 1. The monoisotopic (exact) mass is 513 g/mol. The number of rotatable bonds is 10. The summed E-state index contributed by atoms with van der Waals surface area (Å²) in [6.07, 6.45) is 0.906. The first-order valence-electron chi connectivity index (χ1n) is 13.2. The average Bonchev–Trinajstić information content (AvgIpc) is 2.90. The number of piperazine rings is 1. The van der Waals surface area contributed by atoms with E-state index < -0.39 is 6.04 Å². The van der Waals surface area contributed by atoms with Crippen LogP contribution < -0.4 is 21.3 Å². The quantitative estimate of drug-likeness (QED) is 0.418. The number of carbonyl (C=O) groups is 1. The summed E-state index contributed by atoms with van der Waals surface area (Å²) in [7, 11) is 0. The van der Waals surface area contributed by atoms with Crippen molar-refractivity contribution in [2.45, 2.75) is 47.1 Å². The number of amides is 1. The third kappa shape index (κ3) is 7.05. The van der Waals surface area contributed by atoms with Crippen molar-refractivity contribution in [3.8, 4) is 0 Å². The molecule has 0 saturated carbocycles. The van der Waals surface area contributed by atoms with Crippen molar-refractivity contribution in [2.75, 3.05) is 62.6 Å². The van der Waals surface area contributed by atoms with E-state index >= 15 is 0 Å². The largest absolute Gasteiger partial charge is 0.361 e. The lowest BCUT2D eigenvalue weighted by Gasteiger charge is -2.37. The molecule has 198 valence electrons. The lowest BCUT2D eigenvalue weighted by molar-refractivity contribution is -0.134. The van der Waals surface area contributed by atoms with Gasteiger partial charge in [-0.05, 0) is 68.0 Å². The van der Waals surface area contributed by atoms with E-state index in [1.54, 1.807) is 0 Å². The zero-order chi connectivity index (χ0) is 26.2. The molecule has 2 unspecified atom stereocenters. The second kappa shape index (κ2) is 13.2. The Labute approximate surface area is 221 Å². The molecular weight excluding hydrogens is 470 g/mol. The average molecular weight is 514 g/mol. The molecule has 1 aromatic carbocycles. The molecular formula is C27H43N7OS. The van der Waals surface area contributed by atoms with E-state index in [4.69, 9.17) is 22.9 Å². The number of nitrogens with one attached hydrogen (secondary N) is 2. The zero-order valence-electron chi connectivity index (χ0n) is 22.5. The van der Waals surface area contributed by atoms with Gasteiger partial charge in [0.25, 0.3) is 0 Å². The fraction of sp³-hybridized carbons (Fsp3) is 0.593. The van der Waals surface area contributed by atoms with Crippen molar-refractivity contribution in [2.24, 2.45) is 11.7 Å². The van der Waals surface area contributed by atoms with E-state index in [-0.39, 0.29) is 11.8 Å². The zero-order valence-corrected chi connectivity index (χ0v) is 23.3. The van der Waals surface area contributed by atoms with Crippen LogP contribution in [0.4, 0.5) is 11.5 Å². The summed E-state index contributed by atoms with van der Waals surface area (Å²) in [4.78, 5) is 24.2. The van der Waals surface area contributed by atoms with Gasteiger partial charge in [0.2, 0.25) is 5.91 Å². The Morgan fingerprint density at radius 1 is 1.17 bits per heavy atom. The number of fused-ring (bicyclic) bond motifs is 1. The SMILES string of the molecule is CCC(C)C(N)C(=O)N1CCN(c2cc(C)c3cc(NC(=S)NCCN(CC)CC)ccc3n2)CC1. The highest BCUT2D eigenvalue weighted by Gasteiger charge is 2.28. The van der Waals surface area contributed by atoms with Gasteiger partial charge in [-0.3, -0.25) is 4.79 Å². The van der Waals surface area contributed by atoms with Crippen molar-refractivity contribution in [1.82, 2.24) is 20.1 Å². The van der Waals surface area contributed by atoms with Gasteiger partial charge >= 0.3 is 0 Å². The highest BCUT2D eigenvalue weighted by molar-refractivity contribution is 7.80. The molecule has 0 bridgehead atoms. The molecule has 1 aromatic heterocycles. The second-order valence-corrected chi connectivity index (χ2v) is 10.1. The van der Waals surface area contributed by atoms with Crippen molar-refractivity contribution in [1.29, 1.82) is 0 Å². The molecule has 3 rings (SSSR count). The number of anilines is 2. The van der Waals surface area contributed by atoms with E-state index in [2.05, 4.69) is 60.3 Å². The minimum absolute atomic E-state index is 0.0622. The Bertz CT molecular complexity index is 1030. The summed E-state index contributed by atoms with van der Waals surface area (Å²) in [5, 5.41) is 8.32. The molecule has 2 aromatic rings. The number of nitrogens with two attached hydrogens (primary N) is 1. The maximum absolute atomic E-state index is 12.7. The maximum Gasteiger partial charge on any atom is 0.239 e. The highest BCUT2D eigenvalue weighted by atomic mass is 32.1. The Morgan fingerprint density at radius 3 is 2.50 bits per heavy atom. The molecule has 4 N–H and O–H groups in total. The minimum Gasteiger partial charge on any atom is -0.361 e. The summed E-state index contributed by atoms with van der Waals surface area (Å²) >= 11 is 5.49. The lowest BCUT2D eigenvalue weighted by Crippen LogP contribution is -2.54. The molecule has 1 amide bonds. The molecule has 9 heteroatoms. The number of carbonyl (C=O) groups excluding carboxylic acids is 1. The molecule has 0 radical (unpaired) electrons. The van der Waals surface area contributed by atoms with Gasteiger partial charge < -0.3 is 31.1 Å². The molecule has 2 atom stereocenters. The lowest BCUT2D eigenvalue weighted by atomic mass is 9.98. The summed E-state index contributed by atoms with van der Waals surface area (Å²) in [6.45, 7) is 17.3. The predicted molar refractivity (Wildman–Crippen MR) is 155 cm³/mol. The summed E-state index contributed by atoms with van der Waals surface area (Å²) < 4.78 is 0. The van der Waals surface area contributed by atoms with E-state index in [1.807, 2.05) is 24.0 Å². The standard InChI is InChI=1S/C27H43N7OS/c1-6-19(4)25(28)26(35)34-15-13-33(14-16-34)24-17-20(5)22-18-21(9-10-23(22)31-24)30-27(36)29-11-12-32(7-2)8-3/h9-10,17-19,25H,6-8,11-16,28H2,1-5H3,(H2,29,30,36). The first-order valence-corrected chi connectivity index (χ1v) is 13.7. The van der Waals surface area contributed by atoms with Crippen molar-refractivity contribution >= 4 is 45.6 Å². The smallest absolute Gasteiger partial charge is 0.239 e. The van der Waals surface area contributed by atoms with E-state index in [0.29, 0.717) is 18.2 Å². The number of aryl methyl sites for hydroxylation is 1. The van der Waals surface area contributed by atoms with Crippen LogP contribution in [0.5, 0.6) is 0 Å². The normalized spacial score (nSPS) is 15.8. The Kier molecular flexibility index (Phi) is 10.3. The van der Waals surface area contributed by atoms with Crippen molar-refractivity contribution in [3.63, 3.8) is 0 Å². The van der Waals surface area contributed by atoms with Crippen LogP contribution in [0.25, 0.3) is 10.9 Å². The second-order valence-electron chi connectivity index (χ2n) is 9.66. The number of benzene rings is 1. The first kappa shape index (κ1) is 28.1. The van der Waals surface area contributed by atoms with E-state index in [0.717, 1.165) is 73.7 Å². The molecule has 0 spiro atoms. The van der Waals surface area contributed by atoms with Crippen LogP contribution in [0.1, 0.15) is 39.7 Å². The van der Waals surface area contributed by atoms with E-state index in [9.17, 15) is 4.79 Å². The van der Waals surface area contributed by atoms with Gasteiger partial charge in [-0.15, -0.1) is 0 Å². The van der Waals surface area contributed by atoms with Gasteiger partial charge in [0.1, 0.15) is 5.82 Å². The van der Waals surface area contributed by atoms with Gasteiger partial charge in [0, 0.05) is 50.3 Å². The van der Waals surface area contributed by atoms with Gasteiger partial charge in [-0.2, -0.15) is 0 Å². The van der Waals surface area contributed by atoms with Crippen LogP contribution in [0.2, 0.25) is 0 Å². The number of nitrogens with zero attached hydrogens (tertiary/aromatic N) is 4. The summed E-state index contributed by atoms with van der Waals surface area (Å²) in [6, 6.07) is 7.87. The molecule has 1 aliphatic rings. The van der Waals surface area contributed by atoms with Gasteiger partial charge in [0.05, 0.1) is 11.6 Å². The third-order valence-corrected chi connectivity index (χ3v) is 7.57. The molecule has 0 aliphatic carbocycles. The summed E-state index contributed by atoms with van der Waals surface area (Å²) in [5.74, 6) is 1.21. The topological polar surface area (TPSA) is 89.8 Å². The Morgan fingerprint density at radius 2 is 1.86 bits per heavy atom. The molecule has 8 nitrogen and oxygen atoms in total. The summed E-state index contributed by atoms with van der Waals surface area (Å²) in [5.41, 5.74) is 9.25. The minimum atomic E-state index is -0.421. The van der Waals surface area contributed by atoms with Crippen molar-refractivity contribution in [3.05, 3.63) is 29.8 Å². The fourth-order valence-electron chi connectivity index (χ4n) is 4.52. The molecule has 2 heterocycles. The number of thiocarbonyl (C=S) groups is 1. The third-order valence-electron chi connectivity index (χ3n) is 7.33.